The molecule has 0 aromatic rings. The molecule has 10 nitrogen and oxygen atoms in total. The predicted octanol–water partition coefficient (Wildman–Crippen LogP) is 1.52. The summed E-state index contributed by atoms with van der Waals surface area (Å²) in [5, 5.41) is 46.9. The summed E-state index contributed by atoms with van der Waals surface area (Å²) in [7, 11) is 0. The number of hydrogen-bond donors (Lipinski definition) is 6. The monoisotopic (exact) mass is 392 g/mol. The average molecular weight is 392 g/mol. The number of rotatable bonds is 7. The molecule has 0 aliphatic heterocycles. The van der Waals surface area contributed by atoms with Gasteiger partial charge < -0.3 is 30.6 Å². The van der Waals surface area contributed by atoms with E-state index in [9.17, 15) is 19.2 Å². The molecule has 0 rings (SSSR count). The number of aliphatic hydroxyl groups excluding tert-OH is 1. The Bertz CT molecular complexity index is 381. The lowest BCUT2D eigenvalue weighted by atomic mass is 10.2. The van der Waals surface area contributed by atoms with E-state index in [-0.39, 0.29) is 0 Å². The first-order valence-electron chi connectivity index (χ1n) is 7.13. The molecular formula is C17H28O10. The molecule has 0 radical (unpaired) electrons. The van der Waals surface area contributed by atoms with Crippen LogP contribution in [0.1, 0.15) is 26.2 Å². The summed E-state index contributed by atoms with van der Waals surface area (Å²) >= 11 is 0. The van der Waals surface area contributed by atoms with E-state index in [0.29, 0.717) is 6.42 Å². The van der Waals surface area contributed by atoms with Crippen LogP contribution in [0.3, 0.4) is 0 Å². The Hall–Kier alpha value is -3.24. The van der Waals surface area contributed by atoms with E-state index in [1.807, 2.05) is 6.92 Å². The second-order valence-electron chi connectivity index (χ2n) is 3.79. The zero-order valence-electron chi connectivity index (χ0n) is 15.2. The highest BCUT2D eigenvalue weighted by Gasteiger charge is 1.92. The Kier molecular flexibility index (Phi) is 39.7. The topological polar surface area (TPSA) is 190 Å². The standard InChI is InChI=1S/C5H12O2.4C3H4O2/c1-2-3-4-5(6)7;4*1-2-3(4)5/h5-7H,2-4H2,1H3;4*2H,1H2,(H,4,5). The zero-order valence-corrected chi connectivity index (χ0v) is 15.2. The molecule has 0 spiro atoms. The maximum absolute atomic E-state index is 9.25. The van der Waals surface area contributed by atoms with E-state index in [1.54, 1.807) is 0 Å². The van der Waals surface area contributed by atoms with E-state index in [2.05, 4.69) is 26.3 Å². The van der Waals surface area contributed by atoms with Gasteiger partial charge in [-0.1, -0.05) is 39.7 Å². The van der Waals surface area contributed by atoms with Crippen molar-refractivity contribution in [2.75, 3.05) is 0 Å². The number of aliphatic hydroxyl groups is 2. The van der Waals surface area contributed by atoms with Crippen molar-refractivity contribution in [3.63, 3.8) is 0 Å². The molecule has 0 fully saturated rings. The second-order valence-corrected chi connectivity index (χ2v) is 3.79. The molecule has 0 unspecified atom stereocenters. The SMILES string of the molecule is C=CC(=O)O.C=CC(=O)O.C=CC(=O)O.C=CC(=O)O.CCCCC(O)O. The van der Waals surface area contributed by atoms with Gasteiger partial charge in [-0.25, -0.2) is 19.2 Å². The van der Waals surface area contributed by atoms with Gasteiger partial charge in [-0.2, -0.15) is 0 Å². The van der Waals surface area contributed by atoms with Crippen LogP contribution in [0.4, 0.5) is 0 Å². The average Bonchev–Trinajstić information content (AvgIpc) is 2.61. The summed E-state index contributed by atoms with van der Waals surface area (Å²) in [6.07, 6.45) is 4.67. The van der Waals surface area contributed by atoms with Gasteiger partial charge in [0.05, 0.1) is 0 Å². The number of hydrogen-bond acceptors (Lipinski definition) is 6. The van der Waals surface area contributed by atoms with Crippen LogP contribution in [-0.2, 0) is 19.2 Å². The Labute approximate surface area is 157 Å². The minimum atomic E-state index is -1.10. The largest absolute Gasteiger partial charge is 0.478 e. The fourth-order valence-corrected chi connectivity index (χ4v) is 0.387. The van der Waals surface area contributed by atoms with Crippen LogP contribution >= 0.6 is 0 Å². The Morgan fingerprint density at radius 2 is 0.889 bits per heavy atom. The number of unbranched alkanes of at least 4 members (excludes halogenated alkanes) is 1. The molecule has 0 saturated carbocycles. The number of carbonyl (C=O) groups is 4. The molecule has 0 heterocycles. The molecule has 0 aromatic heterocycles. The highest BCUT2D eigenvalue weighted by Crippen LogP contribution is 1.95. The van der Waals surface area contributed by atoms with E-state index >= 15 is 0 Å². The van der Waals surface area contributed by atoms with E-state index in [0.717, 1.165) is 37.1 Å². The summed E-state index contributed by atoms with van der Waals surface area (Å²) in [5.74, 6) is -3.93. The highest BCUT2D eigenvalue weighted by atomic mass is 16.5. The number of carboxylic acids is 4. The summed E-state index contributed by atoms with van der Waals surface area (Å²) in [6.45, 7) is 13.9. The van der Waals surface area contributed by atoms with Gasteiger partial charge in [0.25, 0.3) is 0 Å². The van der Waals surface area contributed by atoms with Gasteiger partial charge in [-0.3, -0.25) is 0 Å². The molecule has 156 valence electrons. The van der Waals surface area contributed by atoms with E-state index in [1.165, 1.54) is 0 Å². The van der Waals surface area contributed by atoms with Crippen LogP contribution in [0.25, 0.3) is 0 Å². The summed E-state index contributed by atoms with van der Waals surface area (Å²) < 4.78 is 0. The number of aliphatic carboxylic acids is 4. The molecule has 0 amide bonds. The molecule has 27 heavy (non-hydrogen) atoms. The van der Waals surface area contributed by atoms with Crippen molar-refractivity contribution in [2.24, 2.45) is 0 Å². The van der Waals surface area contributed by atoms with Crippen molar-refractivity contribution in [3.8, 4) is 0 Å². The summed E-state index contributed by atoms with van der Waals surface area (Å²) in [4.78, 5) is 37.0. The third-order valence-corrected chi connectivity index (χ3v) is 1.51. The van der Waals surface area contributed by atoms with Gasteiger partial charge in [-0.15, -0.1) is 0 Å². The lowest BCUT2D eigenvalue weighted by Crippen LogP contribution is -2.02. The van der Waals surface area contributed by atoms with Gasteiger partial charge in [0.2, 0.25) is 0 Å². The van der Waals surface area contributed by atoms with E-state index in [4.69, 9.17) is 30.6 Å². The zero-order chi connectivity index (χ0) is 22.8. The first kappa shape index (κ1) is 35.0. The third-order valence-electron chi connectivity index (χ3n) is 1.51. The van der Waals surface area contributed by atoms with Crippen molar-refractivity contribution < 1.29 is 49.8 Å². The van der Waals surface area contributed by atoms with Crippen LogP contribution in [0, 0.1) is 0 Å². The fourth-order valence-electron chi connectivity index (χ4n) is 0.387. The number of carboxylic acid groups (broad SMARTS) is 4. The maximum Gasteiger partial charge on any atom is 0.327 e. The Morgan fingerprint density at radius 3 is 0.926 bits per heavy atom. The minimum absolute atomic E-state index is 0.510. The van der Waals surface area contributed by atoms with Crippen LogP contribution in [0.15, 0.2) is 50.6 Å². The molecule has 0 saturated heterocycles. The third kappa shape index (κ3) is 128. The molecule has 0 aliphatic rings. The quantitative estimate of drug-likeness (QED) is 0.273. The summed E-state index contributed by atoms with van der Waals surface area (Å²) in [5.41, 5.74) is 0. The maximum atomic E-state index is 9.25. The minimum Gasteiger partial charge on any atom is -0.478 e. The first-order chi connectivity index (χ1) is 12.4. The van der Waals surface area contributed by atoms with Gasteiger partial charge in [0.1, 0.15) is 0 Å². The molecule has 0 bridgehead atoms. The van der Waals surface area contributed by atoms with Crippen LogP contribution in [0.5, 0.6) is 0 Å². The van der Waals surface area contributed by atoms with E-state index < -0.39 is 30.2 Å². The molecule has 0 atom stereocenters. The van der Waals surface area contributed by atoms with Crippen molar-refractivity contribution in [1.82, 2.24) is 0 Å². The Balaban J connectivity index is -0.0000000753. The lowest BCUT2D eigenvalue weighted by molar-refractivity contribution is -0.132. The fraction of sp³-hybridized carbons (Fsp3) is 0.294. The molecule has 0 aliphatic carbocycles. The molecule has 0 aromatic carbocycles. The molecule has 10 heteroatoms. The van der Waals surface area contributed by atoms with Crippen LogP contribution in [-0.4, -0.2) is 60.8 Å². The van der Waals surface area contributed by atoms with Crippen molar-refractivity contribution >= 4 is 23.9 Å². The van der Waals surface area contributed by atoms with Gasteiger partial charge in [-0.05, 0) is 12.8 Å². The van der Waals surface area contributed by atoms with Gasteiger partial charge in [0, 0.05) is 24.3 Å². The molecule has 6 N–H and O–H groups in total. The molecular weight excluding hydrogens is 364 g/mol. The second kappa shape index (κ2) is 30.6. The van der Waals surface area contributed by atoms with Crippen molar-refractivity contribution in [3.05, 3.63) is 50.6 Å². The first-order valence-corrected chi connectivity index (χ1v) is 7.13. The predicted molar refractivity (Wildman–Crippen MR) is 99.1 cm³/mol. The van der Waals surface area contributed by atoms with Crippen molar-refractivity contribution in [1.29, 1.82) is 0 Å². The van der Waals surface area contributed by atoms with Crippen LogP contribution in [0.2, 0.25) is 0 Å². The van der Waals surface area contributed by atoms with Gasteiger partial charge >= 0.3 is 23.9 Å². The Morgan fingerprint density at radius 1 is 0.704 bits per heavy atom. The van der Waals surface area contributed by atoms with Crippen LogP contribution < -0.4 is 0 Å². The smallest absolute Gasteiger partial charge is 0.327 e. The highest BCUT2D eigenvalue weighted by molar-refractivity contribution is 5.79. The van der Waals surface area contributed by atoms with Gasteiger partial charge in [0.15, 0.2) is 6.29 Å². The van der Waals surface area contributed by atoms with Crippen molar-refractivity contribution in [2.45, 2.75) is 32.5 Å². The summed E-state index contributed by atoms with van der Waals surface area (Å²) in [6, 6.07) is 0. The lowest BCUT2D eigenvalue weighted by Gasteiger charge is -1.97. The normalized spacial score (nSPS) is 7.41.